The number of hydrogen-bond acceptors (Lipinski definition) is 3. The largest absolute Gasteiger partial charge is 0.481 e. The van der Waals surface area contributed by atoms with Crippen LogP contribution in [-0.4, -0.2) is 43.3 Å². The van der Waals surface area contributed by atoms with E-state index in [1.165, 1.54) is 0 Å². The summed E-state index contributed by atoms with van der Waals surface area (Å²) in [5.41, 5.74) is 0. The Bertz CT molecular complexity index is 214. The number of carboxylic acid groups (broad SMARTS) is 1. The van der Waals surface area contributed by atoms with Crippen LogP contribution in [0.3, 0.4) is 0 Å². The molecule has 0 bridgehead atoms. The van der Waals surface area contributed by atoms with Crippen molar-refractivity contribution in [2.45, 2.75) is 25.3 Å². The summed E-state index contributed by atoms with van der Waals surface area (Å²) in [5, 5.41) is 11.7. The summed E-state index contributed by atoms with van der Waals surface area (Å²) < 4.78 is 27.9. The monoisotopic (exact) mass is 223 g/mol. The highest BCUT2D eigenvalue weighted by Crippen LogP contribution is 2.27. The highest BCUT2D eigenvalue weighted by Gasteiger charge is 2.35. The Morgan fingerprint density at radius 2 is 2.27 bits per heavy atom. The Labute approximate surface area is 86.6 Å². The molecule has 4 nitrogen and oxygen atoms in total. The Morgan fingerprint density at radius 1 is 1.53 bits per heavy atom. The van der Waals surface area contributed by atoms with Crippen molar-refractivity contribution < 1.29 is 23.4 Å². The quantitative estimate of drug-likeness (QED) is 0.624. The number of rotatable bonds is 7. The number of halogens is 2. The van der Waals surface area contributed by atoms with Crippen LogP contribution in [0.25, 0.3) is 0 Å². The van der Waals surface area contributed by atoms with Crippen molar-refractivity contribution >= 4 is 5.97 Å². The predicted octanol–water partition coefficient (Wildman–Crippen LogP) is 0.721. The maximum absolute atomic E-state index is 11.6. The van der Waals surface area contributed by atoms with Crippen LogP contribution < -0.4 is 5.32 Å². The summed E-state index contributed by atoms with van der Waals surface area (Å²) in [7, 11) is 0. The zero-order chi connectivity index (χ0) is 11.3. The van der Waals surface area contributed by atoms with E-state index < -0.39 is 19.0 Å². The van der Waals surface area contributed by atoms with Crippen molar-refractivity contribution in [2.75, 3.05) is 19.8 Å². The smallest absolute Gasteiger partial charge is 0.308 e. The van der Waals surface area contributed by atoms with Gasteiger partial charge >= 0.3 is 5.97 Å². The second-order valence-corrected chi connectivity index (χ2v) is 3.55. The van der Waals surface area contributed by atoms with Crippen molar-refractivity contribution in [1.29, 1.82) is 0 Å². The molecule has 1 rings (SSSR count). The number of aliphatic carboxylic acids is 1. The first-order chi connectivity index (χ1) is 7.11. The van der Waals surface area contributed by atoms with Crippen LogP contribution >= 0.6 is 0 Å². The van der Waals surface area contributed by atoms with Gasteiger partial charge in [0.1, 0.15) is 6.61 Å². The maximum atomic E-state index is 11.6. The predicted molar refractivity (Wildman–Crippen MR) is 49.0 cm³/mol. The third-order valence-corrected chi connectivity index (χ3v) is 2.49. The molecular weight excluding hydrogens is 208 g/mol. The lowest BCUT2D eigenvalue weighted by Crippen LogP contribution is -2.48. The molecule has 0 aromatic carbocycles. The van der Waals surface area contributed by atoms with Crippen molar-refractivity contribution in [3.8, 4) is 0 Å². The Morgan fingerprint density at radius 3 is 2.73 bits per heavy atom. The topological polar surface area (TPSA) is 58.6 Å². The summed E-state index contributed by atoms with van der Waals surface area (Å²) >= 11 is 0. The van der Waals surface area contributed by atoms with Crippen LogP contribution in [-0.2, 0) is 9.53 Å². The molecule has 0 saturated heterocycles. The molecule has 1 aliphatic carbocycles. The lowest BCUT2D eigenvalue weighted by Gasteiger charge is -2.34. The first-order valence-electron chi connectivity index (χ1n) is 4.93. The van der Waals surface area contributed by atoms with E-state index in [4.69, 9.17) is 5.11 Å². The molecule has 0 spiro atoms. The minimum Gasteiger partial charge on any atom is -0.481 e. The zero-order valence-corrected chi connectivity index (χ0v) is 8.29. The van der Waals surface area contributed by atoms with Crippen molar-refractivity contribution in [3.05, 3.63) is 0 Å². The summed E-state index contributed by atoms with van der Waals surface area (Å²) in [5.74, 6) is -1.13. The van der Waals surface area contributed by atoms with Gasteiger partial charge in [0.25, 0.3) is 6.43 Å². The van der Waals surface area contributed by atoms with Gasteiger partial charge < -0.3 is 15.2 Å². The van der Waals surface area contributed by atoms with Crippen LogP contribution in [0.15, 0.2) is 0 Å². The molecule has 2 atom stereocenters. The molecule has 1 aliphatic rings. The van der Waals surface area contributed by atoms with Gasteiger partial charge in [-0.05, 0) is 12.8 Å². The number of carboxylic acids is 1. The second-order valence-electron chi connectivity index (χ2n) is 3.55. The fraction of sp³-hybridized carbons (Fsp3) is 0.889. The summed E-state index contributed by atoms with van der Waals surface area (Å²) in [6.07, 6.45) is -0.933. The van der Waals surface area contributed by atoms with Gasteiger partial charge in [0, 0.05) is 12.6 Å². The molecule has 0 aromatic rings. The number of hydrogen-bond donors (Lipinski definition) is 2. The Kier molecular flexibility index (Phi) is 4.90. The third kappa shape index (κ3) is 4.09. The van der Waals surface area contributed by atoms with Gasteiger partial charge in [0.2, 0.25) is 0 Å². The van der Waals surface area contributed by atoms with Gasteiger partial charge in [-0.15, -0.1) is 0 Å². The van der Waals surface area contributed by atoms with E-state index in [1.54, 1.807) is 0 Å². The average Bonchev–Trinajstić information content (AvgIpc) is 2.07. The van der Waals surface area contributed by atoms with Gasteiger partial charge in [-0.25, -0.2) is 8.78 Å². The Balaban J connectivity index is 1.99. The highest BCUT2D eigenvalue weighted by molar-refractivity contribution is 5.72. The Hall–Kier alpha value is -0.750. The molecule has 1 fully saturated rings. The lowest BCUT2D eigenvalue weighted by atomic mass is 9.79. The van der Waals surface area contributed by atoms with Crippen LogP contribution in [0.4, 0.5) is 8.78 Å². The summed E-state index contributed by atoms with van der Waals surface area (Å²) in [6.45, 7) is 0.0447. The molecule has 6 heteroatoms. The molecule has 88 valence electrons. The summed E-state index contributed by atoms with van der Waals surface area (Å²) in [6, 6.07) is -0.0300. The number of alkyl halides is 2. The van der Waals surface area contributed by atoms with Crippen molar-refractivity contribution in [1.82, 2.24) is 5.32 Å². The van der Waals surface area contributed by atoms with Gasteiger partial charge in [0.15, 0.2) is 0 Å². The van der Waals surface area contributed by atoms with Gasteiger partial charge in [0.05, 0.1) is 12.5 Å². The standard InChI is InChI=1S/C9H15F2NO3/c10-8(11)5-15-4-3-12-7-2-1-6(7)9(13)14/h6-8,12H,1-5H2,(H,13,14). The molecule has 0 aromatic heterocycles. The molecule has 2 unspecified atom stereocenters. The normalized spacial score (nSPS) is 25.3. The molecule has 2 N–H and O–H groups in total. The first-order valence-corrected chi connectivity index (χ1v) is 4.93. The lowest BCUT2D eigenvalue weighted by molar-refractivity contribution is -0.146. The minimum atomic E-state index is -2.44. The van der Waals surface area contributed by atoms with Crippen LogP contribution in [0.1, 0.15) is 12.8 Å². The molecule has 1 saturated carbocycles. The van der Waals surface area contributed by atoms with Gasteiger partial charge in [-0.3, -0.25) is 4.79 Å². The van der Waals surface area contributed by atoms with E-state index >= 15 is 0 Å². The fourth-order valence-corrected chi connectivity index (χ4v) is 1.53. The molecule has 15 heavy (non-hydrogen) atoms. The first kappa shape index (κ1) is 12.3. The van der Waals surface area contributed by atoms with Crippen LogP contribution in [0.2, 0.25) is 0 Å². The maximum Gasteiger partial charge on any atom is 0.308 e. The fourth-order valence-electron chi connectivity index (χ4n) is 1.53. The second kappa shape index (κ2) is 5.97. The van der Waals surface area contributed by atoms with Crippen molar-refractivity contribution in [3.63, 3.8) is 0 Å². The molecule has 0 amide bonds. The van der Waals surface area contributed by atoms with E-state index in [0.29, 0.717) is 13.0 Å². The van der Waals surface area contributed by atoms with E-state index in [9.17, 15) is 13.6 Å². The average molecular weight is 223 g/mol. The van der Waals surface area contributed by atoms with Gasteiger partial charge in [-0.2, -0.15) is 0 Å². The molecule has 0 heterocycles. The van der Waals surface area contributed by atoms with E-state index in [1.807, 2.05) is 0 Å². The molecule has 0 radical (unpaired) electrons. The number of carbonyl (C=O) groups is 1. The highest BCUT2D eigenvalue weighted by atomic mass is 19.3. The molecular formula is C9H15F2NO3. The summed E-state index contributed by atoms with van der Waals surface area (Å²) in [4.78, 5) is 10.6. The minimum absolute atomic E-state index is 0.0300. The van der Waals surface area contributed by atoms with E-state index in [2.05, 4.69) is 10.1 Å². The number of ether oxygens (including phenoxy) is 1. The third-order valence-electron chi connectivity index (χ3n) is 2.49. The van der Waals surface area contributed by atoms with Crippen molar-refractivity contribution in [2.24, 2.45) is 5.92 Å². The number of nitrogens with one attached hydrogen (secondary N) is 1. The van der Waals surface area contributed by atoms with E-state index in [0.717, 1.165) is 6.42 Å². The molecule has 0 aliphatic heterocycles. The van der Waals surface area contributed by atoms with Crippen LogP contribution in [0, 0.1) is 5.92 Å². The SMILES string of the molecule is O=C(O)C1CCC1NCCOCC(F)F. The van der Waals surface area contributed by atoms with Gasteiger partial charge in [-0.1, -0.05) is 0 Å². The van der Waals surface area contributed by atoms with E-state index in [-0.39, 0.29) is 18.6 Å². The zero-order valence-electron chi connectivity index (χ0n) is 8.29. The van der Waals surface area contributed by atoms with Crippen LogP contribution in [0.5, 0.6) is 0 Å².